The second kappa shape index (κ2) is 7.13. The van der Waals surface area contributed by atoms with Gasteiger partial charge in [0.1, 0.15) is 12.1 Å². The van der Waals surface area contributed by atoms with Gasteiger partial charge in [0.05, 0.1) is 0 Å². The summed E-state index contributed by atoms with van der Waals surface area (Å²) < 4.78 is 5.01. The lowest BCUT2D eigenvalue weighted by molar-refractivity contribution is -0.153. The fourth-order valence-electron chi connectivity index (χ4n) is 5.02. The van der Waals surface area contributed by atoms with Gasteiger partial charge in [-0.1, -0.05) is 20.8 Å². The molecule has 0 aromatic rings. The van der Waals surface area contributed by atoms with E-state index < -0.39 is 24.1 Å². The van der Waals surface area contributed by atoms with Gasteiger partial charge in [0.2, 0.25) is 0 Å². The van der Waals surface area contributed by atoms with Gasteiger partial charge in [0.15, 0.2) is 6.61 Å². The summed E-state index contributed by atoms with van der Waals surface area (Å²) in [5, 5.41) is 2.82. The number of hydrogen-bond donors (Lipinski definition) is 1. The number of esters is 1. The lowest BCUT2D eigenvalue weighted by Crippen LogP contribution is -2.54. The van der Waals surface area contributed by atoms with Crippen molar-refractivity contribution in [1.29, 1.82) is 0 Å². The van der Waals surface area contributed by atoms with E-state index in [1.165, 1.54) is 0 Å². The largest absolute Gasteiger partial charge is 0.454 e. The van der Waals surface area contributed by atoms with Gasteiger partial charge in [0.25, 0.3) is 11.8 Å². The lowest BCUT2D eigenvalue weighted by atomic mass is 9.64. The summed E-state index contributed by atoms with van der Waals surface area (Å²) in [6.45, 7) is 6.80. The van der Waals surface area contributed by atoms with Crippen molar-refractivity contribution >= 4 is 23.8 Å². The molecule has 0 radical (unpaired) electrons. The average Bonchev–Trinajstić information content (AvgIpc) is 3.15. The summed E-state index contributed by atoms with van der Waals surface area (Å²) >= 11 is 0. The molecule has 150 valence electrons. The maximum absolute atomic E-state index is 13.0. The van der Waals surface area contributed by atoms with Crippen LogP contribution >= 0.6 is 0 Å². The van der Waals surface area contributed by atoms with Crippen molar-refractivity contribution in [2.75, 3.05) is 26.2 Å². The van der Waals surface area contributed by atoms with E-state index in [2.05, 4.69) is 26.1 Å². The first kappa shape index (κ1) is 19.6. The van der Waals surface area contributed by atoms with Crippen molar-refractivity contribution in [3.8, 4) is 0 Å². The number of ether oxygens (including phenoxy) is 1. The fourth-order valence-corrected chi connectivity index (χ4v) is 5.02. The van der Waals surface area contributed by atoms with E-state index in [0.717, 1.165) is 24.2 Å². The molecule has 0 aromatic carbocycles. The Kier molecular flexibility index (Phi) is 5.18. The molecular weight excluding hydrogens is 350 g/mol. The van der Waals surface area contributed by atoms with Crippen LogP contribution in [0.5, 0.6) is 0 Å². The van der Waals surface area contributed by atoms with Crippen LogP contribution in [0.25, 0.3) is 0 Å². The molecule has 8 nitrogen and oxygen atoms in total. The van der Waals surface area contributed by atoms with Gasteiger partial charge < -0.3 is 15.0 Å². The van der Waals surface area contributed by atoms with Crippen LogP contribution in [0.4, 0.5) is 4.79 Å². The maximum Gasteiger partial charge on any atom is 0.326 e. The second-order valence-corrected chi connectivity index (χ2v) is 9.01. The number of rotatable bonds is 4. The van der Waals surface area contributed by atoms with Crippen LogP contribution in [-0.2, 0) is 19.1 Å². The molecule has 0 aromatic heterocycles. The lowest BCUT2D eigenvalue weighted by Gasteiger charge is -2.43. The van der Waals surface area contributed by atoms with Crippen LogP contribution in [-0.4, -0.2) is 65.4 Å². The van der Waals surface area contributed by atoms with Crippen molar-refractivity contribution in [2.45, 2.75) is 58.4 Å². The number of carbonyl (C=O) groups excluding carboxylic acids is 4. The van der Waals surface area contributed by atoms with Gasteiger partial charge in [-0.2, -0.15) is 0 Å². The summed E-state index contributed by atoms with van der Waals surface area (Å²) in [5.41, 5.74) is -1.01. The van der Waals surface area contributed by atoms with Crippen LogP contribution in [0.3, 0.4) is 0 Å². The molecule has 1 aliphatic carbocycles. The van der Waals surface area contributed by atoms with E-state index in [-0.39, 0.29) is 23.8 Å². The Labute approximate surface area is 159 Å². The molecule has 1 spiro atoms. The Bertz CT molecular complexity index is 656. The standard InChI is InChI=1S/C19H29N3O5/c1-13-8-18(2,3)12-19(9-13)16(25)22(17(26)20-19)10-15(24)27-11-14(23)21-6-4-5-7-21/h13H,4-12H2,1-3H3,(H,20,26)/t13-,19+/m0/s1. The van der Waals surface area contributed by atoms with Crippen LogP contribution < -0.4 is 5.32 Å². The SMILES string of the molecule is C[C@H]1CC(C)(C)C[C@@]2(C1)NC(=O)N(CC(=O)OCC(=O)N1CCCC1)C2=O. The molecule has 3 aliphatic rings. The molecule has 4 amide bonds. The van der Waals surface area contributed by atoms with Crippen LogP contribution in [0, 0.1) is 11.3 Å². The molecule has 2 aliphatic heterocycles. The van der Waals surface area contributed by atoms with E-state index in [0.29, 0.717) is 31.8 Å². The Balaban J connectivity index is 1.58. The highest BCUT2D eigenvalue weighted by Crippen LogP contribution is 2.46. The zero-order valence-corrected chi connectivity index (χ0v) is 16.4. The highest BCUT2D eigenvalue weighted by Gasteiger charge is 2.56. The Morgan fingerprint density at radius 1 is 1.19 bits per heavy atom. The molecule has 0 bridgehead atoms. The summed E-state index contributed by atoms with van der Waals surface area (Å²) in [5.74, 6) is -1.05. The number of nitrogens with zero attached hydrogens (tertiary/aromatic N) is 2. The molecule has 0 unspecified atom stereocenters. The molecule has 3 rings (SSSR count). The van der Waals surface area contributed by atoms with Crippen molar-refractivity contribution in [3.05, 3.63) is 0 Å². The molecule has 1 N–H and O–H groups in total. The van der Waals surface area contributed by atoms with Gasteiger partial charge in [-0.25, -0.2) is 4.79 Å². The molecule has 2 atom stereocenters. The number of amides is 4. The normalized spacial score (nSPS) is 30.0. The van der Waals surface area contributed by atoms with Crippen LogP contribution in [0.1, 0.15) is 52.9 Å². The minimum Gasteiger partial charge on any atom is -0.454 e. The van der Waals surface area contributed by atoms with Gasteiger partial charge in [-0.05, 0) is 43.4 Å². The van der Waals surface area contributed by atoms with Crippen LogP contribution in [0.2, 0.25) is 0 Å². The van der Waals surface area contributed by atoms with Gasteiger partial charge in [-0.15, -0.1) is 0 Å². The van der Waals surface area contributed by atoms with Crippen molar-refractivity contribution in [1.82, 2.24) is 15.1 Å². The molecule has 2 saturated heterocycles. The van der Waals surface area contributed by atoms with E-state index in [4.69, 9.17) is 4.74 Å². The number of hydrogen-bond acceptors (Lipinski definition) is 5. The van der Waals surface area contributed by atoms with Gasteiger partial charge >= 0.3 is 12.0 Å². The van der Waals surface area contributed by atoms with Crippen molar-refractivity contribution < 1.29 is 23.9 Å². The molecule has 8 heteroatoms. The summed E-state index contributed by atoms with van der Waals surface area (Å²) in [6.07, 6.45) is 4.02. The number of urea groups is 1. The third-order valence-corrected chi connectivity index (χ3v) is 5.73. The topological polar surface area (TPSA) is 96.0 Å². The zero-order valence-electron chi connectivity index (χ0n) is 16.4. The minimum atomic E-state index is -0.941. The highest BCUT2D eigenvalue weighted by atomic mass is 16.5. The third-order valence-electron chi connectivity index (χ3n) is 5.73. The summed E-state index contributed by atoms with van der Waals surface area (Å²) in [6, 6.07) is -0.562. The number of likely N-dealkylation sites (tertiary alicyclic amines) is 1. The Hall–Kier alpha value is -2.12. The smallest absolute Gasteiger partial charge is 0.326 e. The van der Waals surface area contributed by atoms with Crippen LogP contribution in [0.15, 0.2) is 0 Å². The first-order valence-electron chi connectivity index (χ1n) is 9.69. The summed E-state index contributed by atoms with van der Waals surface area (Å²) in [4.78, 5) is 52.0. The molecular formula is C19H29N3O5. The molecule has 3 fully saturated rings. The van der Waals surface area contributed by atoms with E-state index in [9.17, 15) is 19.2 Å². The molecule has 2 heterocycles. The van der Waals surface area contributed by atoms with E-state index in [1.54, 1.807) is 4.90 Å². The van der Waals surface area contributed by atoms with Gasteiger partial charge in [-0.3, -0.25) is 19.3 Å². The average molecular weight is 379 g/mol. The molecule has 27 heavy (non-hydrogen) atoms. The Morgan fingerprint density at radius 3 is 2.48 bits per heavy atom. The fraction of sp³-hybridized carbons (Fsp3) is 0.789. The number of carbonyl (C=O) groups is 4. The summed E-state index contributed by atoms with van der Waals surface area (Å²) in [7, 11) is 0. The third kappa shape index (κ3) is 4.09. The van der Waals surface area contributed by atoms with Crippen molar-refractivity contribution in [3.63, 3.8) is 0 Å². The predicted octanol–water partition coefficient (Wildman–Crippen LogP) is 1.29. The number of imide groups is 1. The first-order valence-corrected chi connectivity index (χ1v) is 9.69. The first-order chi connectivity index (χ1) is 12.6. The minimum absolute atomic E-state index is 0.0702. The van der Waals surface area contributed by atoms with Gasteiger partial charge in [0, 0.05) is 13.1 Å². The highest BCUT2D eigenvalue weighted by molar-refractivity contribution is 6.08. The van der Waals surface area contributed by atoms with Crippen molar-refractivity contribution in [2.24, 2.45) is 11.3 Å². The zero-order chi connectivity index (χ0) is 19.8. The van der Waals surface area contributed by atoms with E-state index in [1.807, 2.05) is 0 Å². The maximum atomic E-state index is 13.0. The number of nitrogens with one attached hydrogen (secondary N) is 1. The molecule has 1 saturated carbocycles. The monoisotopic (exact) mass is 379 g/mol. The Morgan fingerprint density at radius 2 is 1.85 bits per heavy atom. The predicted molar refractivity (Wildman–Crippen MR) is 96.5 cm³/mol. The van der Waals surface area contributed by atoms with E-state index >= 15 is 0 Å². The quantitative estimate of drug-likeness (QED) is 0.586. The second-order valence-electron chi connectivity index (χ2n) is 9.01.